The average Bonchev–Trinajstić information content (AvgIpc) is 2.72. The summed E-state index contributed by atoms with van der Waals surface area (Å²) in [7, 11) is -0.532. The molecule has 0 aliphatic heterocycles. The SMILES string of the molecule is COCCNS(=O)(=O)c1ccc(C(=O)NC(c2ccc(OC)cc2)C(C)C)cc1. The molecule has 0 saturated heterocycles. The monoisotopic (exact) mass is 420 g/mol. The number of carbonyl (C=O) groups is 1. The lowest BCUT2D eigenvalue weighted by atomic mass is 9.95. The van der Waals surface area contributed by atoms with E-state index in [1.54, 1.807) is 7.11 Å². The maximum absolute atomic E-state index is 12.7. The van der Waals surface area contributed by atoms with Crippen LogP contribution in [0.3, 0.4) is 0 Å². The summed E-state index contributed by atoms with van der Waals surface area (Å²) in [5.74, 6) is 0.645. The van der Waals surface area contributed by atoms with Crippen LogP contribution in [0, 0.1) is 5.92 Å². The molecule has 158 valence electrons. The van der Waals surface area contributed by atoms with Gasteiger partial charge in [-0.2, -0.15) is 0 Å². The van der Waals surface area contributed by atoms with Gasteiger partial charge in [0.15, 0.2) is 0 Å². The van der Waals surface area contributed by atoms with Crippen molar-refractivity contribution in [2.45, 2.75) is 24.8 Å². The first-order valence-electron chi connectivity index (χ1n) is 9.32. The molecule has 1 unspecified atom stereocenters. The Morgan fingerprint density at radius 1 is 1.00 bits per heavy atom. The van der Waals surface area contributed by atoms with Crippen LogP contribution in [-0.2, 0) is 14.8 Å². The van der Waals surface area contributed by atoms with Gasteiger partial charge in [-0.3, -0.25) is 4.79 Å². The molecule has 0 spiro atoms. The second-order valence-corrected chi connectivity index (χ2v) is 8.65. The summed E-state index contributed by atoms with van der Waals surface area (Å²) in [5.41, 5.74) is 1.36. The Hall–Kier alpha value is -2.42. The van der Waals surface area contributed by atoms with Gasteiger partial charge in [-0.15, -0.1) is 0 Å². The van der Waals surface area contributed by atoms with Crippen LogP contribution in [0.1, 0.15) is 35.8 Å². The van der Waals surface area contributed by atoms with E-state index in [4.69, 9.17) is 9.47 Å². The van der Waals surface area contributed by atoms with E-state index in [1.165, 1.54) is 31.4 Å². The summed E-state index contributed by atoms with van der Waals surface area (Å²) in [6.45, 7) is 4.51. The van der Waals surface area contributed by atoms with Gasteiger partial charge in [-0.05, 0) is 47.9 Å². The van der Waals surface area contributed by atoms with Crippen molar-refractivity contribution in [2.75, 3.05) is 27.4 Å². The van der Waals surface area contributed by atoms with Crippen LogP contribution in [0.5, 0.6) is 5.75 Å². The van der Waals surface area contributed by atoms with Crippen molar-refractivity contribution in [2.24, 2.45) is 5.92 Å². The van der Waals surface area contributed by atoms with Crippen molar-refractivity contribution in [1.82, 2.24) is 10.0 Å². The lowest BCUT2D eigenvalue weighted by Gasteiger charge is -2.23. The van der Waals surface area contributed by atoms with Crippen molar-refractivity contribution in [3.63, 3.8) is 0 Å². The van der Waals surface area contributed by atoms with Gasteiger partial charge in [0.2, 0.25) is 10.0 Å². The number of hydrogen-bond donors (Lipinski definition) is 2. The Kier molecular flexibility index (Phi) is 8.19. The van der Waals surface area contributed by atoms with Crippen LogP contribution in [0.25, 0.3) is 0 Å². The maximum Gasteiger partial charge on any atom is 0.251 e. The standard InChI is InChI=1S/C21H28N2O5S/c1-15(2)20(16-5-9-18(28-4)10-6-16)23-21(24)17-7-11-19(12-8-17)29(25,26)22-13-14-27-3/h5-12,15,20,22H,13-14H2,1-4H3,(H,23,24). The van der Waals surface area contributed by atoms with Gasteiger partial charge in [0.25, 0.3) is 5.91 Å². The number of nitrogens with one attached hydrogen (secondary N) is 2. The molecule has 0 aliphatic carbocycles. The summed E-state index contributed by atoms with van der Waals surface area (Å²) >= 11 is 0. The topological polar surface area (TPSA) is 93.7 Å². The molecule has 8 heteroatoms. The molecule has 0 aliphatic rings. The summed E-state index contributed by atoms with van der Waals surface area (Å²) in [4.78, 5) is 12.8. The molecule has 2 aromatic carbocycles. The third kappa shape index (κ3) is 6.28. The number of carbonyl (C=O) groups excluding carboxylic acids is 1. The van der Waals surface area contributed by atoms with Crippen LogP contribution in [0.15, 0.2) is 53.4 Å². The highest BCUT2D eigenvalue weighted by Crippen LogP contribution is 2.24. The highest BCUT2D eigenvalue weighted by atomic mass is 32.2. The molecule has 0 fully saturated rings. The molecule has 29 heavy (non-hydrogen) atoms. The number of sulfonamides is 1. The smallest absolute Gasteiger partial charge is 0.251 e. The minimum absolute atomic E-state index is 0.0979. The molecule has 0 heterocycles. The Morgan fingerprint density at radius 2 is 1.62 bits per heavy atom. The van der Waals surface area contributed by atoms with Gasteiger partial charge in [0.05, 0.1) is 24.7 Å². The molecule has 2 aromatic rings. The van der Waals surface area contributed by atoms with Crippen LogP contribution >= 0.6 is 0 Å². The fourth-order valence-electron chi connectivity index (χ4n) is 2.82. The van der Waals surface area contributed by atoms with E-state index < -0.39 is 10.0 Å². The Morgan fingerprint density at radius 3 is 2.14 bits per heavy atom. The zero-order valence-electron chi connectivity index (χ0n) is 17.1. The van der Waals surface area contributed by atoms with Crippen LogP contribution in [-0.4, -0.2) is 41.7 Å². The predicted octanol–water partition coefficient (Wildman–Crippen LogP) is 2.75. The molecule has 1 amide bonds. The molecular weight excluding hydrogens is 392 g/mol. The van der Waals surface area contributed by atoms with Crippen molar-refractivity contribution < 1.29 is 22.7 Å². The quantitative estimate of drug-likeness (QED) is 0.577. The number of hydrogen-bond acceptors (Lipinski definition) is 5. The number of benzene rings is 2. The molecule has 1 atom stereocenters. The fraction of sp³-hybridized carbons (Fsp3) is 0.381. The first kappa shape index (κ1) is 22.9. The van der Waals surface area contributed by atoms with Gasteiger partial charge in [0, 0.05) is 19.2 Å². The normalized spacial score (nSPS) is 12.6. The number of amides is 1. The van der Waals surface area contributed by atoms with Crippen molar-refractivity contribution >= 4 is 15.9 Å². The van der Waals surface area contributed by atoms with Crippen molar-refractivity contribution in [3.8, 4) is 5.75 Å². The molecule has 2 N–H and O–H groups in total. The summed E-state index contributed by atoms with van der Waals surface area (Å²) in [6.07, 6.45) is 0. The van der Waals surface area contributed by atoms with E-state index in [0.717, 1.165) is 11.3 Å². The minimum Gasteiger partial charge on any atom is -0.497 e. The Balaban J connectivity index is 2.12. The lowest BCUT2D eigenvalue weighted by Crippen LogP contribution is -2.32. The summed E-state index contributed by atoms with van der Waals surface area (Å²) in [6, 6.07) is 13.2. The number of ether oxygens (including phenoxy) is 2. The zero-order chi connectivity index (χ0) is 21.4. The molecule has 7 nitrogen and oxygen atoms in total. The summed E-state index contributed by atoms with van der Waals surface area (Å²) < 4.78 is 36.9. The predicted molar refractivity (Wildman–Crippen MR) is 112 cm³/mol. The minimum atomic E-state index is -3.63. The van der Waals surface area contributed by atoms with E-state index in [1.807, 2.05) is 38.1 Å². The largest absolute Gasteiger partial charge is 0.497 e. The van der Waals surface area contributed by atoms with E-state index in [2.05, 4.69) is 10.0 Å². The second kappa shape index (κ2) is 10.4. The first-order chi connectivity index (χ1) is 13.8. The van der Waals surface area contributed by atoms with Gasteiger partial charge in [-0.1, -0.05) is 26.0 Å². The van der Waals surface area contributed by atoms with Gasteiger partial charge >= 0.3 is 0 Å². The van der Waals surface area contributed by atoms with E-state index in [0.29, 0.717) is 5.56 Å². The van der Waals surface area contributed by atoms with Gasteiger partial charge < -0.3 is 14.8 Å². The third-order valence-electron chi connectivity index (χ3n) is 4.45. The van der Waals surface area contributed by atoms with Crippen molar-refractivity contribution in [3.05, 3.63) is 59.7 Å². The number of rotatable bonds is 10. The Labute approximate surface area is 172 Å². The molecule has 0 saturated carbocycles. The van der Waals surface area contributed by atoms with Crippen LogP contribution in [0.2, 0.25) is 0 Å². The molecule has 2 rings (SSSR count). The molecule has 0 radical (unpaired) electrons. The van der Waals surface area contributed by atoms with Crippen LogP contribution in [0.4, 0.5) is 0 Å². The molecular formula is C21H28N2O5S. The van der Waals surface area contributed by atoms with E-state index >= 15 is 0 Å². The fourth-order valence-corrected chi connectivity index (χ4v) is 3.83. The highest BCUT2D eigenvalue weighted by Gasteiger charge is 2.20. The summed E-state index contributed by atoms with van der Waals surface area (Å²) in [5, 5.41) is 3.03. The van der Waals surface area contributed by atoms with E-state index in [9.17, 15) is 13.2 Å². The molecule has 0 aromatic heterocycles. The van der Waals surface area contributed by atoms with Gasteiger partial charge in [-0.25, -0.2) is 13.1 Å². The van der Waals surface area contributed by atoms with Gasteiger partial charge in [0.1, 0.15) is 5.75 Å². The highest BCUT2D eigenvalue weighted by molar-refractivity contribution is 7.89. The third-order valence-corrected chi connectivity index (χ3v) is 5.93. The van der Waals surface area contributed by atoms with E-state index in [-0.39, 0.29) is 35.9 Å². The molecule has 0 bridgehead atoms. The average molecular weight is 421 g/mol. The Bertz CT molecular complexity index is 894. The zero-order valence-corrected chi connectivity index (χ0v) is 18.0. The van der Waals surface area contributed by atoms with Crippen LogP contribution < -0.4 is 14.8 Å². The number of methoxy groups -OCH3 is 2. The first-order valence-corrected chi connectivity index (χ1v) is 10.8. The lowest BCUT2D eigenvalue weighted by molar-refractivity contribution is 0.0925. The van der Waals surface area contributed by atoms with Crippen molar-refractivity contribution in [1.29, 1.82) is 0 Å². The second-order valence-electron chi connectivity index (χ2n) is 6.88. The maximum atomic E-state index is 12.7.